The number of aliphatic hydroxyl groups excluding tert-OH is 1. The van der Waals surface area contributed by atoms with E-state index in [9.17, 15) is 18.3 Å². The molecule has 0 saturated heterocycles. The average molecular weight is 413 g/mol. The zero-order valence-electron chi connectivity index (χ0n) is 16.3. The molecule has 0 aliphatic carbocycles. The third-order valence-corrected chi connectivity index (χ3v) is 3.78. The zero-order valence-corrected chi connectivity index (χ0v) is 16.3. The number of aliphatic imine (C=N–C) groups is 1. The number of hydrogen-bond donors (Lipinski definition) is 1. The Balaban J connectivity index is 2.14. The molecule has 0 radical (unpaired) electrons. The maximum atomic E-state index is 12.4. The SMILES string of the molecule is CO/N=C(\N=CC(F)(F)F)c1cc(C)c(OCCCc2cc(C)no2)c(CO)c1. The second-order valence-electron chi connectivity index (χ2n) is 6.22. The molecule has 0 atom stereocenters. The first-order valence-corrected chi connectivity index (χ1v) is 8.76. The van der Waals surface area contributed by atoms with Crippen molar-refractivity contribution in [2.75, 3.05) is 13.7 Å². The molecule has 0 amide bonds. The molecule has 0 unspecified atom stereocenters. The largest absolute Gasteiger partial charge is 0.493 e. The van der Waals surface area contributed by atoms with Crippen molar-refractivity contribution in [3.05, 3.63) is 46.3 Å². The van der Waals surface area contributed by atoms with Crippen molar-refractivity contribution >= 4 is 12.1 Å². The number of aromatic nitrogens is 1. The Morgan fingerprint density at radius 2 is 2.03 bits per heavy atom. The molecule has 0 saturated carbocycles. The van der Waals surface area contributed by atoms with Gasteiger partial charge in [-0.1, -0.05) is 10.3 Å². The Morgan fingerprint density at radius 1 is 1.28 bits per heavy atom. The Labute approximate surface area is 165 Å². The van der Waals surface area contributed by atoms with E-state index >= 15 is 0 Å². The summed E-state index contributed by atoms with van der Waals surface area (Å²) in [5.41, 5.74) is 2.09. The van der Waals surface area contributed by atoms with Gasteiger partial charge in [-0.25, -0.2) is 4.99 Å². The Morgan fingerprint density at radius 3 is 2.62 bits per heavy atom. The van der Waals surface area contributed by atoms with Gasteiger partial charge in [0.25, 0.3) is 0 Å². The van der Waals surface area contributed by atoms with Crippen LogP contribution in [0.3, 0.4) is 0 Å². The number of ether oxygens (including phenoxy) is 1. The molecule has 1 heterocycles. The summed E-state index contributed by atoms with van der Waals surface area (Å²) in [5, 5.41) is 17.0. The second-order valence-corrected chi connectivity index (χ2v) is 6.22. The predicted molar refractivity (Wildman–Crippen MR) is 100 cm³/mol. The smallest absolute Gasteiger partial charge is 0.426 e. The standard InChI is InChI=1S/C19H22F3N3O4/c1-12-7-14(18(25-27-3)23-11-19(20,21)22)9-15(10-26)17(12)28-6-4-5-16-8-13(2)24-29-16/h7-9,11,26H,4-6,10H2,1-3H3/b23-11?,25-18-. The molecule has 10 heteroatoms. The minimum Gasteiger partial charge on any atom is -0.493 e. The van der Waals surface area contributed by atoms with Crippen LogP contribution in [0.25, 0.3) is 0 Å². The van der Waals surface area contributed by atoms with Gasteiger partial charge in [-0.2, -0.15) is 13.2 Å². The monoisotopic (exact) mass is 413 g/mol. The highest BCUT2D eigenvalue weighted by atomic mass is 19.4. The number of benzene rings is 1. The van der Waals surface area contributed by atoms with Crippen molar-refractivity contribution in [3.8, 4) is 5.75 Å². The van der Waals surface area contributed by atoms with E-state index in [1.807, 2.05) is 13.0 Å². The lowest BCUT2D eigenvalue weighted by molar-refractivity contribution is -0.0534. The van der Waals surface area contributed by atoms with Crippen molar-refractivity contribution in [3.63, 3.8) is 0 Å². The normalized spacial score (nSPS) is 12.6. The summed E-state index contributed by atoms with van der Waals surface area (Å²) in [7, 11) is 1.20. The van der Waals surface area contributed by atoms with Crippen LogP contribution >= 0.6 is 0 Å². The van der Waals surface area contributed by atoms with E-state index in [2.05, 4.69) is 20.1 Å². The third-order valence-electron chi connectivity index (χ3n) is 3.78. The molecule has 7 nitrogen and oxygen atoms in total. The highest BCUT2D eigenvalue weighted by Crippen LogP contribution is 2.27. The van der Waals surface area contributed by atoms with E-state index in [4.69, 9.17) is 9.26 Å². The van der Waals surface area contributed by atoms with Crippen LogP contribution in [0.2, 0.25) is 0 Å². The van der Waals surface area contributed by atoms with Crippen molar-refractivity contribution in [1.82, 2.24) is 5.16 Å². The maximum absolute atomic E-state index is 12.4. The molecule has 0 aliphatic rings. The quantitative estimate of drug-likeness (QED) is 0.308. The fraction of sp³-hybridized carbons (Fsp3) is 0.421. The third kappa shape index (κ3) is 6.90. The van der Waals surface area contributed by atoms with Crippen molar-refractivity contribution in [1.29, 1.82) is 0 Å². The van der Waals surface area contributed by atoms with Gasteiger partial charge in [0, 0.05) is 23.6 Å². The first-order chi connectivity index (χ1) is 13.7. The van der Waals surface area contributed by atoms with Gasteiger partial charge in [0.05, 0.1) is 18.9 Å². The fourth-order valence-corrected chi connectivity index (χ4v) is 2.63. The molecule has 2 aromatic rings. The van der Waals surface area contributed by atoms with Crippen LogP contribution in [0.1, 0.15) is 34.6 Å². The van der Waals surface area contributed by atoms with Crippen molar-refractivity contribution < 1.29 is 32.4 Å². The highest BCUT2D eigenvalue weighted by Gasteiger charge is 2.24. The molecule has 0 aliphatic heterocycles. The summed E-state index contributed by atoms with van der Waals surface area (Å²) in [6.07, 6.45) is -3.46. The lowest BCUT2D eigenvalue weighted by Gasteiger charge is -2.15. The first kappa shape index (κ1) is 22.4. The zero-order chi connectivity index (χ0) is 21.4. The predicted octanol–water partition coefficient (Wildman–Crippen LogP) is 3.74. The molecule has 0 fully saturated rings. The van der Waals surface area contributed by atoms with Gasteiger partial charge in [0.2, 0.25) is 0 Å². The molecule has 1 N–H and O–H groups in total. The number of aliphatic hydroxyl groups is 1. The molecule has 2 rings (SSSR count). The molecule has 158 valence electrons. The van der Waals surface area contributed by atoms with Crippen LogP contribution in [0.5, 0.6) is 5.75 Å². The van der Waals surface area contributed by atoms with Gasteiger partial charge < -0.3 is 19.2 Å². The van der Waals surface area contributed by atoms with Crippen LogP contribution in [0.15, 0.2) is 32.9 Å². The lowest BCUT2D eigenvalue weighted by Crippen LogP contribution is -2.12. The molecular formula is C19H22F3N3O4. The average Bonchev–Trinajstić information content (AvgIpc) is 3.07. The summed E-state index contributed by atoms with van der Waals surface area (Å²) >= 11 is 0. The van der Waals surface area contributed by atoms with Gasteiger partial charge >= 0.3 is 6.18 Å². The Hall–Kier alpha value is -2.88. The minimum absolute atomic E-state index is 0.172. The maximum Gasteiger partial charge on any atom is 0.426 e. The fourth-order valence-electron chi connectivity index (χ4n) is 2.63. The van der Waals surface area contributed by atoms with E-state index in [0.29, 0.717) is 36.3 Å². The Kier molecular flexibility index (Phi) is 7.77. The molecular weight excluding hydrogens is 391 g/mol. The van der Waals surface area contributed by atoms with Crippen LogP contribution in [-0.2, 0) is 17.9 Å². The van der Waals surface area contributed by atoms with E-state index in [1.165, 1.54) is 13.2 Å². The lowest BCUT2D eigenvalue weighted by atomic mass is 10.0. The molecule has 1 aromatic heterocycles. The van der Waals surface area contributed by atoms with Crippen molar-refractivity contribution in [2.24, 2.45) is 10.1 Å². The molecule has 0 spiro atoms. The summed E-state index contributed by atoms with van der Waals surface area (Å²) in [4.78, 5) is 7.94. The number of hydrogen-bond acceptors (Lipinski definition) is 6. The van der Waals surface area contributed by atoms with Crippen LogP contribution in [-0.4, -0.2) is 42.2 Å². The number of rotatable bonds is 8. The van der Waals surface area contributed by atoms with Crippen LogP contribution < -0.4 is 4.74 Å². The van der Waals surface area contributed by atoms with Gasteiger partial charge in [-0.15, -0.1) is 0 Å². The number of nitrogens with zero attached hydrogens (tertiary/aromatic N) is 3. The minimum atomic E-state index is -4.59. The van der Waals surface area contributed by atoms with Gasteiger partial charge in [0.15, 0.2) is 5.84 Å². The van der Waals surface area contributed by atoms with E-state index < -0.39 is 6.18 Å². The van der Waals surface area contributed by atoms with E-state index in [-0.39, 0.29) is 24.2 Å². The summed E-state index contributed by atoms with van der Waals surface area (Å²) in [6, 6.07) is 4.88. The van der Waals surface area contributed by atoms with Gasteiger partial charge in [0.1, 0.15) is 24.8 Å². The Bertz CT molecular complexity index is 876. The number of aryl methyl sites for hydroxylation is 3. The molecule has 29 heavy (non-hydrogen) atoms. The van der Waals surface area contributed by atoms with Crippen LogP contribution in [0, 0.1) is 13.8 Å². The summed E-state index contributed by atoms with van der Waals surface area (Å²) in [5.74, 6) is 0.944. The number of amidine groups is 1. The van der Waals surface area contributed by atoms with Crippen LogP contribution in [0.4, 0.5) is 13.2 Å². The summed E-state index contributed by atoms with van der Waals surface area (Å²) in [6.45, 7) is 3.55. The van der Waals surface area contributed by atoms with Gasteiger partial charge in [-0.3, -0.25) is 0 Å². The number of alkyl halides is 3. The molecule has 0 bridgehead atoms. The van der Waals surface area contributed by atoms with Gasteiger partial charge in [-0.05, 0) is 38.0 Å². The number of oxime groups is 1. The summed E-state index contributed by atoms with van der Waals surface area (Å²) < 4.78 is 48.2. The molecule has 1 aromatic carbocycles. The highest BCUT2D eigenvalue weighted by molar-refractivity contribution is 6.03. The van der Waals surface area contributed by atoms with E-state index in [1.54, 1.807) is 13.0 Å². The second kappa shape index (κ2) is 10.1. The number of halogens is 3. The van der Waals surface area contributed by atoms with Crippen molar-refractivity contribution in [2.45, 2.75) is 39.5 Å². The first-order valence-electron chi connectivity index (χ1n) is 8.76. The van der Waals surface area contributed by atoms with E-state index in [0.717, 1.165) is 11.5 Å². The topological polar surface area (TPSA) is 89.4 Å².